The lowest BCUT2D eigenvalue weighted by Crippen LogP contribution is -2.39. The van der Waals surface area contributed by atoms with Crippen LogP contribution < -0.4 is 10.1 Å². The highest BCUT2D eigenvalue weighted by atomic mass is 35.5. The number of hydrogen-bond donors (Lipinski definition) is 1. The minimum absolute atomic E-state index is 0.0662. The second-order valence-electron chi connectivity index (χ2n) is 4.34. The molecule has 0 atom stereocenters. The van der Waals surface area contributed by atoms with Crippen LogP contribution in [-0.2, 0) is 4.79 Å². The largest absolute Gasteiger partial charge is 0.490 e. The summed E-state index contributed by atoms with van der Waals surface area (Å²) in [4.78, 5) is 21.7. The van der Waals surface area contributed by atoms with Crippen LogP contribution in [0.3, 0.4) is 0 Å². The van der Waals surface area contributed by atoms with Gasteiger partial charge in [0.25, 0.3) is 0 Å². The Kier molecular flexibility index (Phi) is 4.79. The van der Waals surface area contributed by atoms with Crippen molar-refractivity contribution in [3.8, 4) is 5.75 Å². The molecule has 1 saturated heterocycles. The second-order valence-corrected chi connectivity index (χ2v) is 4.70. The third-order valence-electron chi connectivity index (χ3n) is 3.08. The predicted octanol–water partition coefficient (Wildman–Crippen LogP) is 1.56. The molecule has 1 aliphatic heterocycles. The monoisotopic (exact) mass is 284 g/mol. The number of nitrogens with zero attached hydrogens (tertiary/aromatic N) is 3. The Balaban J connectivity index is 1.94. The van der Waals surface area contributed by atoms with Crippen LogP contribution in [0.15, 0.2) is 6.33 Å². The van der Waals surface area contributed by atoms with Gasteiger partial charge in [0, 0.05) is 13.1 Å². The van der Waals surface area contributed by atoms with Gasteiger partial charge in [-0.15, -0.1) is 0 Å². The molecule has 1 fully saturated rings. The molecule has 19 heavy (non-hydrogen) atoms. The first-order valence-corrected chi connectivity index (χ1v) is 6.66. The number of piperidine rings is 1. The molecule has 0 saturated carbocycles. The molecule has 0 bridgehead atoms. The number of anilines is 1. The molecule has 2 rings (SSSR count). The lowest BCUT2D eigenvalue weighted by atomic mass is 10.1. The number of methoxy groups -OCH3 is 1. The van der Waals surface area contributed by atoms with Gasteiger partial charge in [-0.2, -0.15) is 0 Å². The van der Waals surface area contributed by atoms with Crippen LogP contribution in [0, 0.1) is 0 Å². The fourth-order valence-electron chi connectivity index (χ4n) is 2.07. The van der Waals surface area contributed by atoms with Gasteiger partial charge >= 0.3 is 0 Å². The van der Waals surface area contributed by atoms with Gasteiger partial charge < -0.3 is 15.0 Å². The Morgan fingerprint density at radius 1 is 1.42 bits per heavy atom. The van der Waals surface area contributed by atoms with Crippen molar-refractivity contribution < 1.29 is 9.53 Å². The first-order chi connectivity index (χ1) is 9.22. The molecule has 0 spiro atoms. The molecular weight excluding hydrogens is 268 g/mol. The Morgan fingerprint density at radius 3 is 2.84 bits per heavy atom. The first-order valence-electron chi connectivity index (χ1n) is 6.28. The first kappa shape index (κ1) is 13.9. The lowest BCUT2D eigenvalue weighted by molar-refractivity contribution is -0.130. The molecular formula is C12H17ClN4O2. The summed E-state index contributed by atoms with van der Waals surface area (Å²) in [5.41, 5.74) is 0. The summed E-state index contributed by atoms with van der Waals surface area (Å²) in [5, 5.41) is 3.18. The van der Waals surface area contributed by atoms with E-state index >= 15 is 0 Å². The van der Waals surface area contributed by atoms with Crippen molar-refractivity contribution in [2.24, 2.45) is 0 Å². The van der Waals surface area contributed by atoms with E-state index in [2.05, 4.69) is 15.3 Å². The number of halogens is 1. The summed E-state index contributed by atoms with van der Waals surface area (Å²) in [6, 6.07) is 0. The Morgan fingerprint density at radius 2 is 2.16 bits per heavy atom. The molecule has 7 heteroatoms. The van der Waals surface area contributed by atoms with Gasteiger partial charge in [-0.3, -0.25) is 4.79 Å². The van der Waals surface area contributed by atoms with Crippen molar-refractivity contribution >= 4 is 23.3 Å². The van der Waals surface area contributed by atoms with E-state index < -0.39 is 0 Å². The number of rotatable bonds is 4. The van der Waals surface area contributed by atoms with E-state index in [9.17, 15) is 4.79 Å². The molecule has 0 aromatic carbocycles. The smallest absolute Gasteiger partial charge is 0.241 e. The van der Waals surface area contributed by atoms with Crippen molar-refractivity contribution in [2.75, 3.05) is 32.1 Å². The van der Waals surface area contributed by atoms with Crippen LogP contribution in [0.4, 0.5) is 5.82 Å². The quantitative estimate of drug-likeness (QED) is 0.850. The molecule has 1 amide bonds. The number of likely N-dealkylation sites (tertiary alicyclic amines) is 1. The van der Waals surface area contributed by atoms with E-state index in [4.69, 9.17) is 16.3 Å². The maximum Gasteiger partial charge on any atom is 0.241 e. The molecule has 1 aromatic heterocycles. The summed E-state index contributed by atoms with van der Waals surface area (Å²) >= 11 is 5.88. The van der Waals surface area contributed by atoms with Crippen molar-refractivity contribution in [3.05, 3.63) is 11.5 Å². The Labute approximate surface area is 117 Å². The average Bonchev–Trinajstić information content (AvgIpc) is 2.45. The van der Waals surface area contributed by atoms with Gasteiger partial charge in [-0.25, -0.2) is 9.97 Å². The number of nitrogens with one attached hydrogen (secondary N) is 1. The summed E-state index contributed by atoms with van der Waals surface area (Å²) in [5.74, 6) is 0.861. The molecule has 1 aliphatic rings. The highest BCUT2D eigenvalue weighted by Gasteiger charge is 2.17. The third kappa shape index (κ3) is 3.47. The zero-order valence-corrected chi connectivity index (χ0v) is 11.6. The number of hydrogen-bond acceptors (Lipinski definition) is 5. The molecule has 0 aliphatic carbocycles. The summed E-state index contributed by atoms with van der Waals surface area (Å²) in [6.07, 6.45) is 4.69. The molecule has 0 radical (unpaired) electrons. The number of aromatic nitrogens is 2. The van der Waals surface area contributed by atoms with Gasteiger partial charge in [-0.1, -0.05) is 11.6 Å². The van der Waals surface area contributed by atoms with Gasteiger partial charge in [0.2, 0.25) is 5.91 Å². The fraction of sp³-hybridized carbons (Fsp3) is 0.583. The van der Waals surface area contributed by atoms with Crippen LogP contribution in [0.2, 0.25) is 5.15 Å². The SMILES string of the molecule is COc1c(Cl)ncnc1NCC(=O)N1CCCCC1. The van der Waals surface area contributed by atoms with Gasteiger partial charge in [-0.05, 0) is 19.3 Å². The molecule has 2 heterocycles. The van der Waals surface area contributed by atoms with Crippen LogP contribution in [0.25, 0.3) is 0 Å². The minimum Gasteiger partial charge on any atom is -0.490 e. The third-order valence-corrected chi connectivity index (χ3v) is 3.35. The van der Waals surface area contributed by atoms with Crippen LogP contribution in [0.1, 0.15) is 19.3 Å². The summed E-state index contributed by atoms with van der Waals surface area (Å²) in [6.45, 7) is 1.86. The van der Waals surface area contributed by atoms with Gasteiger partial charge in [0.15, 0.2) is 16.7 Å². The van der Waals surface area contributed by atoms with Crippen molar-refractivity contribution in [1.82, 2.24) is 14.9 Å². The molecule has 1 N–H and O–H groups in total. The number of carbonyl (C=O) groups excluding carboxylic acids is 1. The average molecular weight is 285 g/mol. The Hall–Kier alpha value is -1.56. The minimum atomic E-state index is 0.0662. The van der Waals surface area contributed by atoms with E-state index in [-0.39, 0.29) is 17.6 Å². The fourth-order valence-corrected chi connectivity index (χ4v) is 2.28. The van der Waals surface area contributed by atoms with E-state index in [1.54, 1.807) is 0 Å². The lowest BCUT2D eigenvalue weighted by Gasteiger charge is -2.26. The molecule has 104 valence electrons. The zero-order valence-electron chi connectivity index (χ0n) is 10.9. The highest BCUT2D eigenvalue weighted by Crippen LogP contribution is 2.28. The maximum absolute atomic E-state index is 12.0. The van der Waals surface area contributed by atoms with E-state index in [1.165, 1.54) is 19.9 Å². The number of amides is 1. The summed E-state index contributed by atoms with van der Waals surface area (Å²) < 4.78 is 5.11. The van der Waals surface area contributed by atoms with Gasteiger partial charge in [0.05, 0.1) is 13.7 Å². The van der Waals surface area contributed by atoms with Crippen LogP contribution in [0.5, 0.6) is 5.75 Å². The topological polar surface area (TPSA) is 67.4 Å². The predicted molar refractivity (Wildman–Crippen MR) is 72.5 cm³/mol. The van der Waals surface area contributed by atoms with Crippen LogP contribution >= 0.6 is 11.6 Å². The van der Waals surface area contributed by atoms with E-state index in [0.717, 1.165) is 25.9 Å². The standard InChI is InChI=1S/C12H17ClN4O2/c1-19-10-11(13)15-8-16-12(10)14-7-9(18)17-5-3-2-4-6-17/h8H,2-7H2,1H3,(H,14,15,16). The van der Waals surface area contributed by atoms with Crippen molar-refractivity contribution in [1.29, 1.82) is 0 Å². The molecule has 1 aromatic rings. The summed E-state index contributed by atoms with van der Waals surface area (Å²) in [7, 11) is 1.49. The van der Waals surface area contributed by atoms with Crippen molar-refractivity contribution in [3.63, 3.8) is 0 Å². The highest BCUT2D eigenvalue weighted by molar-refractivity contribution is 6.31. The van der Waals surface area contributed by atoms with Gasteiger partial charge in [0.1, 0.15) is 6.33 Å². The maximum atomic E-state index is 12.0. The molecule has 6 nitrogen and oxygen atoms in total. The van der Waals surface area contributed by atoms with Crippen molar-refractivity contribution in [2.45, 2.75) is 19.3 Å². The number of carbonyl (C=O) groups is 1. The zero-order chi connectivity index (χ0) is 13.7. The number of ether oxygens (including phenoxy) is 1. The second kappa shape index (κ2) is 6.56. The van der Waals surface area contributed by atoms with Crippen LogP contribution in [-0.4, -0.2) is 47.5 Å². The molecule has 0 unspecified atom stereocenters. The Bertz CT molecular complexity index is 449. The van der Waals surface area contributed by atoms with E-state index in [0.29, 0.717) is 11.6 Å². The normalized spacial score (nSPS) is 15.2. The van der Waals surface area contributed by atoms with E-state index in [1.807, 2.05) is 4.90 Å².